The molecule has 2 aliphatic heterocycles. The van der Waals surface area contributed by atoms with Crippen LogP contribution in [0.5, 0.6) is 0 Å². The molecule has 37 heavy (non-hydrogen) atoms. The lowest BCUT2D eigenvalue weighted by Gasteiger charge is -2.42. The fourth-order valence-corrected chi connectivity index (χ4v) is 6.46. The van der Waals surface area contributed by atoms with Crippen LogP contribution in [-0.2, 0) is 28.5 Å². The topological polar surface area (TPSA) is 112 Å². The minimum atomic E-state index is -1.81. The third kappa shape index (κ3) is 7.75. The molecular formula is C29H52O8. The normalized spacial score (nSPS) is 47.2. The summed E-state index contributed by atoms with van der Waals surface area (Å²) in [6, 6.07) is 0. The molecule has 2 aliphatic rings. The van der Waals surface area contributed by atoms with E-state index in [0.717, 1.165) is 12.8 Å². The highest BCUT2D eigenvalue weighted by Gasteiger charge is 2.48. The number of rotatable bonds is 4. The number of ketones is 1. The van der Waals surface area contributed by atoms with Crippen molar-refractivity contribution in [2.24, 2.45) is 29.6 Å². The van der Waals surface area contributed by atoms with Gasteiger partial charge in [0.05, 0.1) is 29.8 Å². The van der Waals surface area contributed by atoms with Gasteiger partial charge in [0.1, 0.15) is 17.5 Å². The molecule has 1 unspecified atom stereocenters. The number of aliphatic hydroxyl groups excluding tert-OH is 1. The molecule has 12 atom stereocenters. The molecule has 2 rings (SSSR count). The highest BCUT2D eigenvalue weighted by atomic mass is 16.7. The molecule has 0 aliphatic carbocycles. The first-order chi connectivity index (χ1) is 17.1. The quantitative estimate of drug-likeness (QED) is 0.520. The van der Waals surface area contributed by atoms with Crippen LogP contribution in [0.3, 0.4) is 0 Å². The second-order valence-corrected chi connectivity index (χ2v) is 12.5. The Morgan fingerprint density at radius 2 is 1.62 bits per heavy atom. The van der Waals surface area contributed by atoms with E-state index >= 15 is 0 Å². The van der Waals surface area contributed by atoms with E-state index in [9.17, 15) is 19.8 Å². The zero-order valence-electron chi connectivity index (χ0n) is 24.7. The molecule has 2 saturated heterocycles. The van der Waals surface area contributed by atoms with Crippen LogP contribution in [0.25, 0.3) is 0 Å². The minimum absolute atomic E-state index is 0.0592. The lowest BCUT2D eigenvalue weighted by atomic mass is 9.75. The first-order valence-corrected chi connectivity index (χ1v) is 14.1. The Bertz CT molecular complexity index is 759. The molecule has 8 nitrogen and oxygen atoms in total. The summed E-state index contributed by atoms with van der Waals surface area (Å²) in [4.78, 5) is 26.8. The standard InChI is InChI=1S/C29H52O8/c1-11-22-29(9,33)26(31)20(6)24(30)17(3)14-28(8,34-10)15-18(4)25(21(7)27(32)36-22)37-23-13-16(2)12-19(5)35-23/h16-23,25-26,31,33H,11-15H2,1-10H3/t16?,17-,18-,19+,20+,21-,22-,23+,25+,26-,28-,29-/m1/s1. The van der Waals surface area contributed by atoms with Crippen molar-refractivity contribution in [3.8, 4) is 0 Å². The predicted octanol–water partition coefficient (Wildman–Crippen LogP) is 4.28. The number of ether oxygens (including phenoxy) is 4. The van der Waals surface area contributed by atoms with Crippen molar-refractivity contribution in [1.29, 1.82) is 0 Å². The number of hydrogen-bond donors (Lipinski definition) is 2. The van der Waals surface area contributed by atoms with Gasteiger partial charge in [-0.3, -0.25) is 9.59 Å². The summed E-state index contributed by atoms with van der Waals surface area (Å²) in [5.74, 6) is -2.29. The third-order valence-corrected chi connectivity index (χ3v) is 8.72. The molecule has 0 spiro atoms. The summed E-state index contributed by atoms with van der Waals surface area (Å²) in [5.41, 5.74) is -2.48. The second-order valence-electron chi connectivity index (χ2n) is 12.5. The summed E-state index contributed by atoms with van der Waals surface area (Å²) < 4.78 is 24.4. The zero-order valence-corrected chi connectivity index (χ0v) is 24.7. The molecule has 8 heteroatoms. The molecule has 216 valence electrons. The molecule has 0 radical (unpaired) electrons. The Balaban J connectivity index is 2.48. The first kappa shape index (κ1) is 32.2. The zero-order chi connectivity index (χ0) is 28.3. The lowest BCUT2D eigenvalue weighted by Crippen LogP contribution is -2.56. The van der Waals surface area contributed by atoms with E-state index in [1.807, 2.05) is 27.7 Å². The number of cyclic esters (lactones) is 1. The maximum absolute atomic E-state index is 13.5. The van der Waals surface area contributed by atoms with Gasteiger partial charge in [0.25, 0.3) is 0 Å². The van der Waals surface area contributed by atoms with Crippen LogP contribution in [0, 0.1) is 29.6 Å². The van der Waals surface area contributed by atoms with E-state index in [-0.39, 0.29) is 24.2 Å². The number of hydrogen-bond acceptors (Lipinski definition) is 8. The molecule has 2 N–H and O–H groups in total. The molecule has 0 amide bonds. The van der Waals surface area contributed by atoms with Crippen molar-refractivity contribution >= 4 is 11.8 Å². The number of carbonyl (C=O) groups is 2. The van der Waals surface area contributed by atoms with Crippen molar-refractivity contribution in [3.05, 3.63) is 0 Å². The fraction of sp³-hybridized carbons (Fsp3) is 0.931. The van der Waals surface area contributed by atoms with E-state index in [2.05, 4.69) is 6.92 Å². The van der Waals surface area contributed by atoms with Gasteiger partial charge in [0, 0.05) is 25.4 Å². The smallest absolute Gasteiger partial charge is 0.311 e. The number of aliphatic hydroxyl groups is 2. The number of methoxy groups -OCH3 is 1. The van der Waals surface area contributed by atoms with Gasteiger partial charge in [-0.15, -0.1) is 0 Å². The largest absolute Gasteiger partial charge is 0.459 e. The van der Waals surface area contributed by atoms with E-state index < -0.39 is 59.5 Å². The number of carbonyl (C=O) groups excluding carboxylic acids is 2. The maximum atomic E-state index is 13.5. The molecule has 0 aromatic carbocycles. The van der Waals surface area contributed by atoms with Crippen LogP contribution in [0.4, 0.5) is 0 Å². The summed E-state index contributed by atoms with van der Waals surface area (Å²) in [6.45, 7) is 16.6. The maximum Gasteiger partial charge on any atom is 0.311 e. The summed E-state index contributed by atoms with van der Waals surface area (Å²) in [7, 11) is 1.63. The van der Waals surface area contributed by atoms with Gasteiger partial charge in [-0.2, -0.15) is 0 Å². The van der Waals surface area contributed by atoms with Gasteiger partial charge in [0.15, 0.2) is 6.29 Å². The van der Waals surface area contributed by atoms with E-state index in [1.54, 1.807) is 27.9 Å². The average Bonchev–Trinajstić information content (AvgIpc) is 2.82. The monoisotopic (exact) mass is 528 g/mol. The average molecular weight is 529 g/mol. The van der Waals surface area contributed by atoms with Crippen LogP contribution in [0.2, 0.25) is 0 Å². The van der Waals surface area contributed by atoms with Gasteiger partial charge in [-0.1, -0.05) is 34.6 Å². The predicted molar refractivity (Wildman–Crippen MR) is 141 cm³/mol. The van der Waals surface area contributed by atoms with Crippen LogP contribution >= 0.6 is 0 Å². The summed E-state index contributed by atoms with van der Waals surface area (Å²) >= 11 is 0. The molecule has 2 heterocycles. The van der Waals surface area contributed by atoms with Crippen molar-refractivity contribution in [1.82, 2.24) is 0 Å². The lowest BCUT2D eigenvalue weighted by molar-refractivity contribution is -0.242. The van der Waals surface area contributed by atoms with Crippen molar-refractivity contribution in [2.75, 3.05) is 7.11 Å². The Morgan fingerprint density at radius 3 is 2.16 bits per heavy atom. The van der Waals surface area contributed by atoms with Crippen molar-refractivity contribution in [2.45, 2.75) is 136 Å². The van der Waals surface area contributed by atoms with E-state index in [0.29, 0.717) is 18.8 Å². The Kier molecular flexibility index (Phi) is 11.2. The van der Waals surface area contributed by atoms with Crippen LogP contribution in [0.15, 0.2) is 0 Å². The molecule has 0 bridgehead atoms. The van der Waals surface area contributed by atoms with Gasteiger partial charge in [-0.25, -0.2) is 0 Å². The Hall–Kier alpha value is -1.06. The van der Waals surface area contributed by atoms with Gasteiger partial charge in [0.2, 0.25) is 0 Å². The highest BCUT2D eigenvalue weighted by Crippen LogP contribution is 2.37. The van der Waals surface area contributed by atoms with E-state index in [4.69, 9.17) is 18.9 Å². The summed E-state index contributed by atoms with van der Waals surface area (Å²) in [5, 5.41) is 22.4. The van der Waals surface area contributed by atoms with Crippen LogP contribution in [-0.4, -0.2) is 71.0 Å². The third-order valence-electron chi connectivity index (χ3n) is 8.72. The molecule has 0 saturated carbocycles. The Morgan fingerprint density at radius 1 is 1.00 bits per heavy atom. The minimum Gasteiger partial charge on any atom is -0.459 e. The molecular weight excluding hydrogens is 476 g/mol. The number of Topliss-reactive ketones (excluding diaryl/α,β-unsaturated/α-hetero) is 1. The van der Waals surface area contributed by atoms with Crippen molar-refractivity contribution in [3.63, 3.8) is 0 Å². The van der Waals surface area contributed by atoms with E-state index in [1.165, 1.54) is 6.92 Å². The number of esters is 1. The van der Waals surface area contributed by atoms with Crippen LogP contribution in [0.1, 0.15) is 94.4 Å². The fourth-order valence-electron chi connectivity index (χ4n) is 6.46. The first-order valence-electron chi connectivity index (χ1n) is 14.1. The Labute approximate surface area is 223 Å². The summed E-state index contributed by atoms with van der Waals surface area (Å²) in [6.07, 6.45) is -0.360. The van der Waals surface area contributed by atoms with Crippen LogP contribution < -0.4 is 0 Å². The second kappa shape index (κ2) is 12.9. The van der Waals surface area contributed by atoms with Gasteiger partial charge < -0.3 is 29.2 Å². The molecule has 0 aromatic heterocycles. The SMILES string of the molecule is CC[C@H]1OC(=O)[C@H](C)[C@@H](O[C@H]2CC(C)C[C@H](C)O2)[C@H](C)C[C@](C)(OC)C[C@@H](C)C(=O)[C@H](C)[C@@H](O)[C@]1(C)O. The highest BCUT2D eigenvalue weighted by molar-refractivity contribution is 5.83. The van der Waals surface area contributed by atoms with Gasteiger partial charge >= 0.3 is 5.97 Å². The van der Waals surface area contributed by atoms with Crippen molar-refractivity contribution < 1.29 is 38.7 Å². The van der Waals surface area contributed by atoms with Gasteiger partial charge in [-0.05, 0) is 65.2 Å². The molecule has 2 fully saturated rings. The molecule has 0 aromatic rings.